The topological polar surface area (TPSA) is 36.7 Å². The zero-order chi connectivity index (χ0) is 13.4. The van der Waals surface area contributed by atoms with Gasteiger partial charge in [-0.15, -0.1) is 0 Å². The molecule has 0 aliphatic heterocycles. The molecule has 3 rings (SSSR count). The lowest BCUT2D eigenvalue weighted by Crippen LogP contribution is -1.98. The lowest BCUT2D eigenvalue weighted by atomic mass is 9.90. The summed E-state index contributed by atoms with van der Waals surface area (Å²) in [7, 11) is 0. The Labute approximate surface area is 112 Å². The molecular weight excluding hydrogens is 232 g/mol. The Kier molecular flexibility index (Phi) is 2.68. The number of allylic oxidation sites excluding steroid dienone is 4. The number of pyridine rings is 1. The maximum atomic E-state index is 9.37. The van der Waals surface area contributed by atoms with Gasteiger partial charge in [-0.05, 0) is 37.6 Å². The summed E-state index contributed by atoms with van der Waals surface area (Å²) in [5.74, 6) is 0.222. The van der Waals surface area contributed by atoms with Gasteiger partial charge >= 0.3 is 0 Å². The fourth-order valence-electron chi connectivity index (χ4n) is 2.72. The van der Waals surface area contributed by atoms with Crippen LogP contribution in [0, 0.1) is 11.3 Å². The van der Waals surface area contributed by atoms with Crippen molar-refractivity contribution in [1.29, 1.82) is 5.26 Å². The summed E-state index contributed by atoms with van der Waals surface area (Å²) in [5, 5.41) is 10.5. The van der Waals surface area contributed by atoms with Crippen molar-refractivity contribution >= 4 is 10.9 Å². The highest BCUT2D eigenvalue weighted by atomic mass is 14.6. The van der Waals surface area contributed by atoms with Crippen molar-refractivity contribution < 1.29 is 0 Å². The van der Waals surface area contributed by atoms with Crippen molar-refractivity contribution in [3.8, 4) is 6.07 Å². The molecule has 0 amide bonds. The number of nitrogens with zero attached hydrogens (tertiary/aromatic N) is 2. The third-order valence-corrected chi connectivity index (χ3v) is 3.61. The standard InChI is InChI=1S/C17H14N2/c1-11-6-12(2)15(7-11)16-8-13-4-3-5-19-17(13)9-14(16)10-18/h3-9,15H,1-2H3. The van der Waals surface area contributed by atoms with Crippen molar-refractivity contribution in [3.63, 3.8) is 0 Å². The van der Waals surface area contributed by atoms with Crippen LogP contribution in [-0.4, -0.2) is 4.98 Å². The average Bonchev–Trinajstić information content (AvgIpc) is 2.76. The van der Waals surface area contributed by atoms with Crippen molar-refractivity contribution in [1.82, 2.24) is 4.98 Å². The summed E-state index contributed by atoms with van der Waals surface area (Å²) in [5.41, 5.74) is 5.22. The molecule has 1 aromatic heterocycles. The number of hydrogen-bond donors (Lipinski definition) is 0. The second kappa shape index (κ2) is 4.37. The number of benzene rings is 1. The molecule has 19 heavy (non-hydrogen) atoms. The lowest BCUT2D eigenvalue weighted by Gasteiger charge is -2.13. The number of nitriles is 1. The van der Waals surface area contributed by atoms with Crippen molar-refractivity contribution in [2.75, 3.05) is 0 Å². The third-order valence-electron chi connectivity index (χ3n) is 3.61. The number of fused-ring (bicyclic) bond motifs is 1. The van der Waals surface area contributed by atoms with Gasteiger partial charge < -0.3 is 0 Å². The van der Waals surface area contributed by atoms with Gasteiger partial charge in [0, 0.05) is 17.5 Å². The van der Waals surface area contributed by atoms with E-state index >= 15 is 0 Å². The molecule has 1 heterocycles. The van der Waals surface area contributed by atoms with E-state index < -0.39 is 0 Å². The fourth-order valence-corrected chi connectivity index (χ4v) is 2.72. The first-order chi connectivity index (χ1) is 9.19. The molecule has 2 heteroatoms. The quantitative estimate of drug-likeness (QED) is 0.759. The summed E-state index contributed by atoms with van der Waals surface area (Å²) >= 11 is 0. The largest absolute Gasteiger partial charge is 0.256 e. The highest BCUT2D eigenvalue weighted by Crippen LogP contribution is 2.36. The summed E-state index contributed by atoms with van der Waals surface area (Å²) in [6.45, 7) is 4.21. The minimum absolute atomic E-state index is 0.222. The monoisotopic (exact) mass is 246 g/mol. The predicted molar refractivity (Wildman–Crippen MR) is 76.7 cm³/mol. The molecule has 0 saturated heterocycles. The molecule has 0 saturated carbocycles. The summed E-state index contributed by atoms with van der Waals surface area (Å²) in [6.07, 6.45) is 6.15. The van der Waals surface area contributed by atoms with Gasteiger partial charge in [0.15, 0.2) is 0 Å². The number of hydrogen-bond acceptors (Lipinski definition) is 2. The second-order valence-corrected chi connectivity index (χ2v) is 5.02. The van der Waals surface area contributed by atoms with Gasteiger partial charge in [-0.1, -0.05) is 29.4 Å². The van der Waals surface area contributed by atoms with Crippen LogP contribution in [0.3, 0.4) is 0 Å². The van der Waals surface area contributed by atoms with Gasteiger partial charge in [-0.25, -0.2) is 0 Å². The van der Waals surface area contributed by atoms with E-state index in [0.717, 1.165) is 22.0 Å². The Morgan fingerprint density at radius 3 is 2.79 bits per heavy atom. The molecule has 2 nitrogen and oxygen atoms in total. The zero-order valence-corrected chi connectivity index (χ0v) is 11.0. The average molecular weight is 246 g/mol. The second-order valence-electron chi connectivity index (χ2n) is 5.02. The minimum atomic E-state index is 0.222. The van der Waals surface area contributed by atoms with E-state index in [0.29, 0.717) is 0 Å². The molecule has 1 unspecified atom stereocenters. The first kappa shape index (κ1) is 11.7. The highest BCUT2D eigenvalue weighted by molar-refractivity contribution is 5.81. The lowest BCUT2D eigenvalue weighted by molar-refractivity contribution is 1.01. The number of aromatic nitrogens is 1. The van der Waals surface area contributed by atoms with Crippen LogP contribution in [0.4, 0.5) is 0 Å². The molecule has 1 atom stereocenters. The van der Waals surface area contributed by atoms with Crippen LogP contribution in [0.5, 0.6) is 0 Å². The van der Waals surface area contributed by atoms with Gasteiger partial charge in [-0.2, -0.15) is 5.26 Å². The molecule has 0 bridgehead atoms. The SMILES string of the molecule is CC1=CC(c2cc3cccnc3cc2C#N)C(C)=C1. The summed E-state index contributed by atoms with van der Waals surface area (Å²) < 4.78 is 0. The minimum Gasteiger partial charge on any atom is -0.256 e. The Balaban J connectivity index is 2.24. The summed E-state index contributed by atoms with van der Waals surface area (Å²) in [6, 6.07) is 10.3. The molecular formula is C17H14N2. The molecule has 0 fully saturated rings. The van der Waals surface area contributed by atoms with Crippen LogP contribution >= 0.6 is 0 Å². The first-order valence-electron chi connectivity index (χ1n) is 6.34. The Morgan fingerprint density at radius 1 is 1.26 bits per heavy atom. The van der Waals surface area contributed by atoms with Crippen LogP contribution in [0.1, 0.15) is 30.9 Å². The van der Waals surface area contributed by atoms with Gasteiger partial charge in [0.25, 0.3) is 0 Å². The molecule has 1 aliphatic carbocycles. The molecule has 0 N–H and O–H groups in total. The van der Waals surface area contributed by atoms with Crippen LogP contribution in [0.25, 0.3) is 10.9 Å². The van der Waals surface area contributed by atoms with E-state index in [1.807, 2.05) is 18.2 Å². The van der Waals surface area contributed by atoms with E-state index in [2.05, 4.69) is 43.1 Å². The molecule has 92 valence electrons. The molecule has 1 aromatic carbocycles. The normalized spacial score (nSPS) is 18.1. The third kappa shape index (κ3) is 1.94. The molecule has 0 spiro atoms. The van der Waals surface area contributed by atoms with E-state index in [1.54, 1.807) is 6.20 Å². The van der Waals surface area contributed by atoms with E-state index in [4.69, 9.17) is 0 Å². The van der Waals surface area contributed by atoms with E-state index in [-0.39, 0.29) is 5.92 Å². The maximum Gasteiger partial charge on any atom is 0.0995 e. The number of rotatable bonds is 1. The predicted octanol–water partition coefficient (Wildman–Crippen LogP) is 4.10. The van der Waals surface area contributed by atoms with Crippen LogP contribution < -0.4 is 0 Å². The van der Waals surface area contributed by atoms with Gasteiger partial charge in [0.1, 0.15) is 0 Å². The summed E-state index contributed by atoms with van der Waals surface area (Å²) in [4.78, 5) is 4.31. The Morgan fingerprint density at radius 2 is 2.11 bits per heavy atom. The van der Waals surface area contributed by atoms with Gasteiger partial charge in [0.05, 0.1) is 17.1 Å². The van der Waals surface area contributed by atoms with E-state index in [1.165, 1.54) is 11.1 Å². The Hall–Kier alpha value is -2.40. The van der Waals surface area contributed by atoms with Gasteiger partial charge in [0.2, 0.25) is 0 Å². The molecule has 2 aromatic rings. The smallest absolute Gasteiger partial charge is 0.0995 e. The zero-order valence-electron chi connectivity index (χ0n) is 11.0. The van der Waals surface area contributed by atoms with Crippen molar-refractivity contribution in [3.05, 3.63) is 64.9 Å². The van der Waals surface area contributed by atoms with Crippen LogP contribution in [-0.2, 0) is 0 Å². The highest BCUT2D eigenvalue weighted by Gasteiger charge is 2.19. The van der Waals surface area contributed by atoms with E-state index in [9.17, 15) is 5.26 Å². The fraction of sp³-hybridized carbons (Fsp3) is 0.176. The maximum absolute atomic E-state index is 9.37. The van der Waals surface area contributed by atoms with Gasteiger partial charge in [-0.3, -0.25) is 4.98 Å². The molecule has 0 radical (unpaired) electrons. The molecule has 1 aliphatic rings. The first-order valence-corrected chi connectivity index (χ1v) is 6.34. The van der Waals surface area contributed by atoms with Crippen molar-refractivity contribution in [2.24, 2.45) is 0 Å². The van der Waals surface area contributed by atoms with Crippen LogP contribution in [0.2, 0.25) is 0 Å². The van der Waals surface area contributed by atoms with Crippen molar-refractivity contribution in [2.45, 2.75) is 19.8 Å². The van der Waals surface area contributed by atoms with Crippen LogP contribution in [0.15, 0.2) is 53.8 Å². The Bertz CT molecular complexity index is 760.